The van der Waals surface area contributed by atoms with E-state index in [1.165, 1.54) is 0 Å². The Morgan fingerprint density at radius 1 is 0.889 bits per heavy atom. The minimum Gasteiger partial charge on any atom is -0.510 e. The van der Waals surface area contributed by atoms with Crippen molar-refractivity contribution in [2.24, 2.45) is 5.41 Å². The summed E-state index contributed by atoms with van der Waals surface area (Å²) in [5, 5.41) is 10.1. The molecule has 0 fully saturated rings. The van der Waals surface area contributed by atoms with Gasteiger partial charge < -0.3 is 19.8 Å². The molecule has 4 heteroatoms. The van der Waals surface area contributed by atoms with E-state index >= 15 is 0 Å². The maximum atomic E-state index is 10.1. The highest BCUT2D eigenvalue weighted by Crippen LogP contribution is 2.22. The number of nitrogens with zero attached hydrogens (tertiary/aromatic N) is 3. The smallest absolute Gasteiger partial charge is 0.113 e. The van der Waals surface area contributed by atoms with Gasteiger partial charge in [-0.3, -0.25) is 0 Å². The van der Waals surface area contributed by atoms with E-state index < -0.39 is 0 Å². The lowest BCUT2D eigenvalue weighted by atomic mass is 9.94. The van der Waals surface area contributed by atoms with Crippen LogP contribution < -0.4 is 0 Å². The molecule has 0 atom stereocenters. The third-order valence-corrected chi connectivity index (χ3v) is 2.74. The highest BCUT2D eigenvalue weighted by atomic mass is 16.3. The fraction of sp³-hybridized carbons (Fsp3) is 0.857. The van der Waals surface area contributed by atoms with Crippen LogP contribution in [0.5, 0.6) is 0 Å². The topological polar surface area (TPSA) is 30.0 Å². The van der Waals surface area contributed by atoms with Gasteiger partial charge >= 0.3 is 0 Å². The van der Waals surface area contributed by atoms with Crippen LogP contribution in [-0.2, 0) is 0 Å². The Bertz CT molecular complexity index is 242. The van der Waals surface area contributed by atoms with Gasteiger partial charge in [-0.15, -0.1) is 0 Å². The van der Waals surface area contributed by atoms with E-state index in [1.54, 1.807) is 0 Å². The Morgan fingerprint density at radius 2 is 1.28 bits per heavy atom. The Morgan fingerprint density at radius 3 is 1.56 bits per heavy atom. The van der Waals surface area contributed by atoms with Crippen LogP contribution in [0, 0.1) is 5.41 Å². The van der Waals surface area contributed by atoms with Crippen molar-refractivity contribution in [3.63, 3.8) is 0 Å². The first-order chi connectivity index (χ1) is 8.12. The van der Waals surface area contributed by atoms with Crippen molar-refractivity contribution in [1.82, 2.24) is 14.7 Å². The number of rotatable bonds is 7. The van der Waals surface area contributed by atoms with E-state index in [4.69, 9.17) is 0 Å². The zero-order valence-corrected chi connectivity index (χ0v) is 13.2. The number of likely N-dealkylation sites (N-methyl/N-ethyl adjacent to an activating group) is 2. The SMILES string of the molecule is CN(C)CCN(/C=C(\O)C(C)(C)C)CCN(C)C. The van der Waals surface area contributed by atoms with Crippen LogP contribution in [0.3, 0.4) is 0 Å². The fourth-order valence-electron chi connectivity index (χ4n) is 1.26. The Hall–Kier alpha value is -0.740. The second-order valence-corrected chi connectivity index (χ2v) is 6.41. The van der Waals surface area contributed by atoms with Gasteiger partial charge in [-0.25, -0.2) is 0 Å². The van der Waals surface area contributed by atoms with Crippen molar-refractivity contribution in [3.05, 3.63) is 12.0 Å². The van der Waals surface area contributed by atoms with E-state index in [1.807, 2.05) is 27.0 Å². The number of aliphatic hydroxyl groups is 1. The second kappa shape index (κ2) is 7.64. The zero-order valence-electron chi connectivity index (χ0n) is 13.2. The van der Waals surface area contributed by atoms with Gasteiger partial charge in [-0.2, -0.15) is 0 Å². The van der Waals surface area contributed by atoms with Crippen molar-refractivity contribution in [3.8, 4) is 0 Å². The number of allylic oxidation sites excluding steroid dienone is 1. The summed E-state index contributed by atoms with van der Waals surface area (Å²) >= 11 is 0. The minimum atomic E-state index is -0.186. The highest BCUT2D eigenvalue weighted by molar-refractivity contribution is 5.00. The predicted molar refractivity (Wildman–Crippen MR) is 78.8 cm³/mol. The summed E-state index contributed by atoms with van der Waals surface area (Å²) in [7, 11) is 8.27. The van der Waals surface area contributed by atoms with Crippen LogP contribution >= 0.6 is 0 Å². The van der Waals surface area contributed by atoms with Gasteiger partial charge in [0.15, 0.2) is 0 Å². The highest BCUT2D eigenvalue weighted by Gasteiger charge is 2.17. The lowest BCUT2D eigenvalue weighted by Crippen LogP contribution is -2.34. The van der Waals surface area contributed by atoms with E-state index in [0.29, 0.717) is 5.76 Å². The molecular formula is C14H31N3O. The molecule has 0 aliphatic carbocycles. The first-order valence-electron chi connectivity index (χ1n) is 6.57. The quantitative estimate of drug-likeness (QED) is 0.705. The van der Waals surface area contributed by atoms with E-state index in [-0.39, 0.29) is 5.41 Å². The van der Waals surface area contributed by atoms with Gasteiger partial charge in [0, 0.05) is 37.8 Å². The summed E-state index contributed by atoms with van der Waals surface area (Å²) < 4.78 is 0. The first kappa shape index (κ1) is 17.3. The monoisotopic (exact) mass is 257 g/mol. The van der Waals surface area contributed by atoms with Gasteiger partial charge in [0.05, 0.1) is 0 Å². The van der Waals surface area contributed by atoms with Crippen molar-refractivity contribution in [2.45, 2.75) is 20.8 Å². The molecule has 0 unspecified atom stereocenters. The van der Waals surface area contributed by atoms with E-state index in [9.17, 15) is 5.11 Å². The van der Waals surface area contributed by atoms with Gasteiger partial charge in [0.25, 0.3) is 0 Å². The normalized spacial score (nSPS) is 13.5. The van der Waals surface area contributed by atoms with Crippen molar-refractivity contribution in [1.29, 1.82) is 0 Å². The van der Waals surface area contributed by atoms with Crippen LogP contribution in [0.15, 0.2) is 12.0 Å². The van der Waals surface area contributed by atoms with Gasteiger partial charge in [0.1, 0.15) is 5.76 Å². The number of hydrogen-bond donors (Lipinski definition) is 1. The predicted octanol–water partition coefficient (Wildman–Crippen LogP) is 1.86. The largest absolute Gasteiger partial charge is 0.510 e. The molecule has 0 aromatic carbocycles. The van der Waals surface area contributed by atoms with Crippen LogP contribution in [0.25, 0.3) is 0 Å². The molecule has 0 bridgehead atoms. The molecule has 0 aromatic heterocycles. The molecule has 0 spiro atoms. The van der Waals surface area contributed by atoms with E-state index in [0.717, 1.165) is 26.2 Å². The molecule has 1 N–H and O–H groups in total. The molecule has 0 saturated carbocycles. The molecule has 0 aromatic rings. The molecule has 0 aliphatic rings. The van der Waals surface area contributed by atoms with Crippen LogP contribution in [0.1, 0.15) is 20.8 Å². The molecule has 0 aliphatic heterocycles. The third-order valence-electron chi connectivity index (χ3n) is 2.74. The van der Waals surface area contributed by atoms with Crippen LogP contribution in [-0.4, -0.2) is 74.2 Å². The Labute approximate surface area is 113 Å². The first-order valence-corrected chi connectivity index (χ1v) is 6.57. The molecule has 108 valence electrons. The molecule has 4 nitrogen and oxygen atoms in total. The van der Waals surface area contributed by atoms with Crippen LogP contribution in [0.4, 0.5) is 0 Å². The molecule has 0 amide bonds. The minimum absolute atomic E-state index is 0.186. The van der Waals surface area contributed by atoms with Gasteiger partial charge in [0.2, 0.25) is 0 Å². The average Bonchev–Trinajstić information content (AvgIpc) is 2.19. The Kier molecular flexibility index (Phi) is 7.33. The summed E-state index contributed by atoms with van der Waals surface area (Å²) in [6, 6.07) is 0. The van der Waals surface area contributed by atoms with Crippen molar-refractivity contribution >= 4 is 0 Å². The maximum Gasteiger partial charge on any atom is 0.113 e. The average molecular weight is 257 g/mol. The van der Waals surface area contributed by atoms with Crippen molar-refractivity contribution in [2.75, 3.05) is 54.4 Å². The second-order valence-electron chi connectivity index (χ2n) is 6.41. The van der Waals surface area contributed by atoms with E-state index in [2.05, 4.69) is 42.9 Å². The number of aliphatic hydroxyl groups excluding tert-OH is 1. The zero-order chi connectivity index (χ0) is 14.3. The molecule has 0 rings (SSSR count). The number of hydrogen-bond acceptors (Lipinski definition) is 4. The summed E-state index contributed by atoms with van der Waals surface area (Å²) in [5.74, 6) is 0.444. The summed E-state index contributed by atoms with van der Waals surface area (Å²) in [4.78, 5) is 6.51. The lowest BCUT2D eigenvalue weighted by Gasteiger charge is -2.27. The molecule has 0 heterocycles. The Balaban J connectivity index is 4.54. The summed E-state index contributed by atoms with van der Waals surface area (Å²) in [6.45, 7) is 9.91. The lowest BCUT2D eigenvalue weighted by molar-refractivity contribution is 0.234. The van der Waals surface area contributed by atoms with Crippen molar-refractivity contribution < 1.29 is 5.11 Å². The standard InChI is InChI=1S/C14H31N3O/c1-14(2,3)13(18)12-17(10-8-15(4)5)11-9-16(6)7/h12,18H,8-11H2,1-7H3/b13-12-. The molecule has 0 radical (unpaired) electrons. The van der Waals surface area contributed by atoms with Gasteiger partial charge in [-0.05, 0) is 28.2 Å². The molecule has 0 saturated heterocycles. The maximum absolute atomic E-state index is 10.1. The summed E-state index contributed by atoms with van der Waals surface area (Å²) in [6.07, 6.45) is 1.90. The van der Waals surface area contributed by atoms with Crippen LogP contribution in [0.2, 0.25) is 0 Å². The molecular weight excluding hydrogens is 226 g/mol. The fourth-order valence-corrected chi connectivity index (χ4v) is 1.26. The summed E-state index contributed by atoms with van der Waals surface area (Å²) in [5.41, 5.74) is -0.186. The third kappa shape index (κ3) is 8.37. The molecule has 18 heavy (non-hydrogen) atoms. The van der Waals surface area contributed by atoms with Gasteiger partial charge in [-0.1, -0.05) is 20.8 Å².